The van der Waals surface area contributed by atoms with Crippen LogP contribution in [0, 0.1) is 17.0 Å². The van der Waals surface area contributed by atoms with Crippen LogP contribution in [0.5, 0.6) is 0 Å². The van der Waals surface area contributed by atoms with Crippen LogP contribution in [0.1, 0.15) is 17.0 Å². The first-order chi connectivity index (χ1) is 7.49. The van der Waals surface area contributed by atoms with Gasteiger partial charge in [0.1, 0.15) is 5.92 Å². The van der Waals surface area contributed by atoms with Crippen LogP contribution in [0.15, 0.2) is 18.2 Å². The maximum Gasteiger partial charge on any atom is 0.312 e. The fourth-order valence-electron chi connectivity index (χ4n) is 1.57. The lowest BCUT2D eigenvalue weighted by Gasteiger charge is -2.11. The van der Waals surface area contributed by atoms with E-state index in [1.165, 1.54) is 6.07 Å². The zero-order valence-corrected chi connectivity index (χ0v) is 8.71. The molecule has 0 aliphatic heterocycles. The van der Waals surface area contributed by atoms with Crippen LogP contribution in [0.4, 0.5) is 5.69 Å². The van der Waals surface area contributed by atoms with Crippen LogP contribution < -0.4 is 5.73 Å². The summed E-state index contributed by atoms with van der Waals surface area (Å²) in [6, 6.07) is 4.58. The van der Waals surface area contributed by atoms with E-state index in [0.29, 0.717) is 5.56 Å². The smallest absolute Gasteiger partial charge is 0.312 e. The number of aryl methyl sites for hydroxylation is 1. The number of carboxylic acids is 1. The van der Waals surface area contributed by atoms with Gasteiger partial charge in [0, 0.05) is 17.7 Å². The van der Waals surface area contributed by atoms with Crippen LogP contribution in [0.3, 0.4) is 0 Å². The molecule has 3 N–H and O–H groups in total. The molecule has 0 radical (unpaired) electrons. The number of hydrogen-bond acceptors (Lipinski definition) is 4. The minimum Gasteiger partial charge on any atom is -0.481 e. The Morgan fingerprint density at radius 2 is 2.25 bits per heavy atom. The Morgan fingerprint density at radius 1 is 1.62 bits per heavy atom. The second-order valence-electron chi connectivity index (χ2n) is 3.40. The molecule has 1 unspecified atom stereocenters. The summed E-state index contributed by atoms with van der Waals surface area (Å²) in [6.45, 7) is 1.40. The van der Waals surface area contributed by atoms with E-state index in [1.54, 1.807) is 19.1 Å². The van der Waals surface area contributed by atoms with Crippen LogP contribution >= 0.6 is 0 Å². The maximum atomic E-state index is 10.9. The van der Waals surface area contributed by atoms with Crippen LogP contribution in [0.25, 0.3) is 0 Å². The first-order valence-corrected chi connectivity index (χ1v) is 4.65. The van der Waals surface area contributed by atoms with E-state index in [2.05, 4.69) is 0 Å². The van der Waals surface area contributed by atoms with Gasteiger partial charge in [-0.05, 0) is 6.92 Å². The van der Waals surface area contributed by atoms with Crippen LogP contribution in [-0.4, -0.2) is 22.5 Å². The van der Waals surface area contributed by atoms with E-state index in [1.807, 2.05) is 0 Å². The third-order valence-electron chi connectivity index (χ3n) is 2.36. The Hall–Kier alpha value is -1.95. The minimum absolute atomic E-state index is 0.153. The summed E-state index contributed by atoms with van der Waals surface area (Å²) < 4.78 is 0. The molecule has 0 aliphatic rings. The molecule has 16 heavy (non-hydrogen) atoms. The van der Waals surface area contributed by atoms with Crippen molar-refractivity contribution in [2.75, 3.05) is 6.54 Å². The molecule has 0 bridgehead atoms. The number of rotatable bonds is 4. The molecular formula is C10H12N2O4. The summed E-state index contributed by atoms with van der Waals surface area (Å²) in [5.41, 5.74) is 5.74. The van der Waals surface area contributed by atoms with Crippen LogP contribution in [-0.2, 0) is 4.79 Å². The van der Waals surface area contributed by atoms with E-state index in [4.69, 9.17) is 10.8 Å². The van der Waals surface area contributed by atoms with Gasteiger partial charge in [0.25, 0.3) is 5.69 Å². The third-order valence-corrected chi connectivity index (χ3v) is 2.36. The van der Waals surface area contributed by atoms with Crippen molar-refractivity contribution in [1.29, 1.82) is 0 Å². The van der Waals surface area contributed by atoms with Crippen molar-refractivity contribution in [3.8, 4) is 0 Å². The molecule has 0 heterocycles. The van der Waals surface area contributed by atoms with Gasteiger partial charge >= 0.3 is 5.97 Å². The quantitative estimate of drug-likeness (QED) is 0.586. The van der Waals surface area contributed by atoms with Gasteiger partial charge in [-0.1, -0.05) is 18.2 Å². The molecule has 1 rings (SSSR count). The number of nitro benzene ring substituents is 1. The molecule has 86 valence electrons. The largest absolute Gasteiger partial charge is 0.481 e. The highest BCUT2D eigenvalue weighted by molar-refractivity contribution is 5.78. The monoisotopic (exact) mass is 224 g/mol. The van der Waals surface area contributed by atoms with Crippen LogP contribution in [0.2, 0.25) is 0 Å². The van der Waals surface area contributed by atoms with Crippen molar-refractivity contribution in [1.82, 2.24) is 0 Å². The van der Waals surface area contributed by atoms with Crippen molar-refractivity contribution >= 4 is 11.7 Å². The Kier molecular flexibility index (Phi) is 3.57. The van der Waals surface area contributed by atoms with Crippen molar-refractivity contribution < 1.29 is 14.8 Å². The summed E-state index contributed by atoms with van der Waals surface area (Å²) in [4.78, 5) is 21.2. The minimum atomic E-state index is -1.16. The first kappa shape index (κ1) is 12.1. The van der Waals surface area contributed by atoms with Gasteiger partial charge in [0.05, 0.1) is 4.92 Å². The number of para-hydroxylation sites is 1. The summed E-state index contributed by atoms with van der Waals surface area (Å²) >= 11 is 0. The van der Waals surface area contributed by atoms with Crippen molar-refractivity contribution in [3.05, 3.63) is 39.4 Å². The second kappa shape index (κ2) is 4.71. The van der Waals surface area contributed by atoms with E-state index in [0.717, 1.165) is 0 Å². The maximum absolute atomic E-state index is 10.9. The molecule has 1 aromatic carbocycles. The summed E-state index contributed by atoms with van der Waals surface area (Å²) in [5.74, 6) is -2.20. The van der Waals surface area contributed by atoms with Gasteiger partial charge in [-0.3, -0.25) is 14.9 Å². The molecule has 0 fully saturated rings. The van der Waals surface area contributed by atoms with Gasteiger partial charge in [0.2, 0.25) is 0 Å². The number of nitro groups is 1. The lowest BCUT2D eigenvalue weighted by atomic mass is 9.95. The molecule has 6 heteroatoms. The topological polar surface area (TPSA) is 106 Å². The number of carboxylic acid groups (broad SMARTS) is 1. The molecule has 0 aliphatic carbocycles. The molecule has 1 aromatic rings. The second-order valence-corrected chi connectivity index (χ2v) is 3.40. The Bertz CT molecular complexity index is 431. The fraction of sp³-hybridized carbons (Fsp3) is 0.300. The van der Waals surface area contributed by atoms with Gasteiger partial charge in [-0.25, -0.2) is 0 Å². The SMILES string of the molecule is Cc1cccc(C(CN)C(=O)O)c1[N+](=O)[O-]. The molecular weight excluding hydrogens is 212 g/mol. The number of nitrogens with zero attached hydrogens (tertiary/aromatic N) is 1. The highest BCUT2D eigenvalue weighted by Crippen LogP contribution is 2.29. The fourth-order valence-corrected chi connectivity index (χ4v) is 1.57. The van der Waals surface area contributed by atoms with E-state index < -0.39 is 16.8 Å². The number of carbonyl (C=O) groups is 1. The van der Waals surface area contributed by atoms with E-state index in [9.17, 15) is 14.9 Å². The van der Waals surface area contributed by atoms with Crippen molar-refractivity contribution in [2.45, 2.75) is 12.8 Å². The average molecular weight is 224 g/mol. The summed E-state index contributed by atoms with van der Waals surface area (Å²) in [7, 11) is 0. The highest BCUT2D eigenvalue weighted by atomic mass is 16.6. The van der Waals surface area contributed by atoms with Crippen molar-refractivity contribution in [2.24, 2.45) is 5.73 Å². The number of benzene rings is 1. The Balaban J connectivity index is 3.37. The zero-order chi connectivity index (χ0) is 12.3. The van der Waals surface area contributed by atoms with Gasteiger partial charge in [0.15, 0.2) is 0 Å². The summed E-state index contributed by atoms with van der Waals surface area (Å²) in [6.07, 6.45) is 0. The molecule has 6 nitrogen and oxygen atoms in total. The van der Waals surface area contributed by atoms with Gasteiger partial charge < -0.3 is 10.8 Å². The Labute approximate surface area is 91.8 Å². The predicted molar refractivity (Wildman–Crippen MR) is 57.3 cm³/mol. The highest BCUT2D eigenvalue weighted by Gasteiger charge is 2.27. The third kappa shape index (κ3) is 2.17. The summed E-state index contributed by atoms with van der Waals surface area (Å²) in [5, 5.41) is 19.8. The molecule has 0 saturated heterocycles. The number of aliphatic carboxylic acids is 1. The average Bonchev–Trinajstić information content (AvgIpc) is 2.17. The molecule has 0 aromatic heterocycles. The first-order valence-electron chi connectivity index (χ1n) is 4.65. The molecule has 0 saturated carbocycles. The van der Waals surface area contributed by atoms with Crippen molar-refractivity contribution in [3.63, 3.8) is 0 Å². The standard InChI is InChI=1S/C10H12N2O4/c1-6-3-2-4-7(9(6)12(15)16)8(5-11)10(13)14/h2-4,8H,5,11H2,1H3,(H,13,14). The van der Waals surface area contributed by atoms with E-state index >= 15 is 0 Å². The molecule has 0 spiro atoms. The lowest BCUT2D eigenvalue weighted by molar-refractivity contribution is -0.386. The zero-order valence-electron chi connectivity index (χ0n) is 8.71. The van der Waals surface area contributed by atoms with E-state index in [-0.39, 0.29) is 17.8 Å². The molecule has 0 amide bonds. The normalized spacial score (nSPS) is 12.1. The predicted octanol–water partition coefficient (Wildman–Crippen LogP) is 1.03. The lowest BCUT2D eigenvalue weighted by Crippen LogP contribution is -2.22. The van der Waals surface area contributed by atoms with Gasteiger partial charge in [-0.15, -0.1) is 0 Å². The number of hydrogen-bond donors (Lipinski definition) is 2. The number of nitrogens with two attached hydrogens (primary N) is 1. The Morgan fingerprint density at radius 3 is 2.69 bits per heavy atom. The van der Waals surface area contributed by atoms with Gasteiger partial charge in [-0.2, -0.15) is 0 Å². The molecule has 1 atom stereocenters.